The third-order valence-corrected chi connectivity index (χ3v) is 2.60. The van der Waals surface area contributed by atoms with Crippen molar-refractivity contribution in [1.29, 1.82) is 0 Å². The zero-order valence-corrected chi connectivity index (χ0v) is 11.0. The molecule has 1 N–H and O–H groups in total. The van der Waals surface area contributed by atoms with Gasteiger partial charge in [-0.25, -0.2) is 0 Å². The van der Waals surface area contributed by atoms with E-state index < -0.39 is 0 Å². The molecule has 1 amide bonds. The molecule has 0 aliphatic carbocycles. The highest BCUT2D eigenvalue weighted by molar-refractivity contribution is 5.87. The van der Waals surface area contributed by atoms with Gasteiger partial charge in [-0.2, -0.15) is 0 Å². The maximum absolute atomic E-state index is 11.6. The molecule has 0 aliphatic heterocycles. The Morgan fingerprint density at radius 3 is 2.67 bits per heavy atom. The van der Waals surface area contributed by atoms with E-state index >= 15 is 0 Å². The van der Waals surface area contributed by atoms with Gasteiger partial charge in [0.05, 0.1) is 20.1 Å². The highest BCUT2D eigenvalue weighted by atomic mass is 16.5. The Morgan fingerprint density at radius 2 is 2.06 bits per heavy atom. The fraction of sp³-hybridized carbons (Fsp3) is 0.429. The summed E-state index contributed by atoms with van der Waals surface area (Å²) in [7, 11) is 1.58. The first-order valence-electron chi connectivity index (χ1n) is 5.95. The SMILES string of the molecule is COc1cccc(CC(=O)NCC(=O)C(C)C)c1. The molecule has 0 saturated heterocycles. The molecule has 0 aromatic heterocycles. The van der Waals surface area contributed by atoms with E-state index in [1.165, 1.54) is 0 Å². The largest absolute Gasteiger partial charge is 0.497 e. The van der Waals surface area contributed by atoms with Crippen molar-refractivity contribution in [2.45, 2.75) is 20.3 Å². The van der Waals surface area contributed by atoms with Crippen molar-refractivity contribution in [2.24, 2.45) is 5.92 Å². The molecule has 18 heavy (non-hydrogen) atoms. The third-order valence-electron chi connectivity index (χ3n) is 2.60. The molecule has 0 fully saturated rings. The van der Waals surface area contributed by atoms with Crippen molar-refractivity contribution in [3.63, 3.8) is 0 Å². The molecule has 1 aromatic carbocycles. The molecule has 4 nitrogen and oxygen atoms in total. The van der Waals surface area contributed by atoms with Crippen LogP contribution >= 0.6 is 0 Å². The molecule has 0 bridgehead atoms. The van der Waals surface area contributed by atoms with E-state index in [4.69, 9.17) is 4.74 Å². The smallest absolute Gasteiger partial charge is 0.224 e. The summed E-state index contributed by atoms with van der Waals surface area (Å²) in [6, 6.07) is 7.32. The second kappa shape index (κ2) is 6.79. The first-order valence-corrected chi connectivity index (χ1v) is 5.95. The minimum Gasteiger partial charge on any atom is -0.497 e. The summed E-state index contributed by atoms with van der Waals surface area (Å²) >= 11 is 0. The highest BCUT2D eigenvalue weighted by Crippen LogP contribution is 2.12. The summed E-state index contributed by atoms with van der Waals surface area (Å²) in [4.78, 5) is 23.0. The Morgan fingerprint density at radius 1 is 1.33 bits per heavy atom. The van der Waals surface area contributed by atoms with Crippen LogP contribution in [0.5, 0.6) is 5.75 Å². The van der Waals surface area contributed by atoms with E-state index in [1.807, 2.05) is 38.1 Å². The lowest BCUT2D eigenvalue weighted by Crippen LogP contribution is -2.32. The third kappa shape index (κ3) is 4.57. The summed E-state index contributed by atoms with van der Waals surface area (Å²) in [6.07, 6.45) is 0.253. The number of methoxy groups -OCH3 is 1. The Hall–Kier alpha value is -1.84. The normalized spacial score (nSPS) is 10.2. The molecule has 4 heteroatoms. The van der Waals surface area contributed by atoms with Crippen molar-refractivity contribution in [1.82, 2.24) is 5.32 Å². The van der Waals surface area contributed by atoms with Crippen molar-refractivity contribution in [2.75, 3.05) is 13.7 Å². The number of carbonyl (C=O) groups excluding carboxylic acids is 2. The van der Waals surface area contributed by atoms with Crippen LogP contribution in [0, 0.1) is 5.92 Å². The second-order valence-electron chi connectivity index (χ2n) is 4.43. The molecule has 0 atom stereocenters. The summed E-state index contributed by atoms with van der Waals surface area (Å²) < 4.78 is 5.08. The highest BCUT2D eigenvalue weighted by Gasteiger charge is 2.09. The van der Waals surface area contributed by atoms with E-state index in [1.54, 1.807) is 7.11 Å². The Balaban J connectivity index is 2.47. The van der Waals surface area contributed by atoms with Crippen LogP contribution in [0.3, 0.4) is 0 Å². The second-order valence-corrected chi connectivity index (χ2v) is 4.43. The van der Waals surface area contributed by atoms with Gasteiger partial charge in [-0.05, 0) is 17.7 Å². The van der Waals surface area contributed by atoms with Crippen molar-refractivity contribution >= 4 is 11.7 Å². The molecule has 0 radical (unpaired) electrons. The Kier molecular flexibility index (Phi) is 5.36. The fourth-order valence-corrected chi connectivity index (χ4v) is 1.42. The number of benzene rings is 1. The monoisotopic (exact) mass is 249 g/mol. The average Bonchev–Trinajstić information content (AvgIpc) is 2.36. The van der Waals surface area contributed by atoms with Crippen LogP contribution in [0.15, 0.2) is 24.3 Å². The maximum Gasteiger partial charge on any atom is 0.224 e. The average molecular weight is 249 g/mol. The van der Waals surface area contributed by atoms with Crippen LogP contribution < -0.4 is 10.1 Å². The number of nitrogens with one attached hydrogen (secondary N) is 1. The minimum absolute atomic E-state index is 0.0361. The molecule has 0 heterocycles. The van der Waals surface area contributed by atoms with Gasteiger partial charge in [0.25, 0.3) is 0 Å². The summed E-state index contributed by atoms with van der Waals surface area (Å²) in [6.45, 7) is 3.73. The van der Waals surface area contributed by atoms with Gasteiger partial charge in [0.2, 0.25) is 5.91 Å². The zero-order valence-electron chi connectivity index (χ0n) is 11.0. The lowest BCUT2D eigenvalue weighted by atomic mass is 10.1. The first kappa shape index (κ1) is 14.2. The van der Waals surface area contributed by atoms with E-state index in [0.717, 1.165) is 11.3 Å². The van der Waals surface area contributed by atoms with Crippen LogP contribution in [0.4, 0.5) is 0 Å². The number of ether oxygens (including phenoxy) is 1. The van der Waals surface area contributed by atoms with Crippen molar-refractivity contribution in [3.05, 3.63) is 29.8 Å². The Bertz CT molecular complexity index is 427. The van der Waals surface area contributed by atoms with E-state index in [9.17, 15) is 9.59 Å². The number of amides is 1. The lowest BCUT2D eigenvalue weighted by Gasteiger charge is -2.07. The van der Waals surface area contributed by atoms with Crippen molar-refractivity contribution < 1.29 is 14.3 Å². The molecule has 1 rings (SSSR count). The van der Waals surface area contributed by atoms with Crippen LogP contribution in [0.1, 0.15) is 19.4 Å². The number of ketones is 1. The predicted octanol–water partition coefficient (Wildman–Crippen LogP) is 1.58. The summed E-state index contributed by atoms with van der Waals surface area (Å²) in [5.74, 6) is 0.548. The Labute approximate surface area is 107 Å². The van der Waals surface area contributed by atoms with E-state index in [2.05, 4.69) is 5.32 Å². The molecule has 98 valence electrons. The molecular weight excluding hydrogens is 230 g/mol. The lowest BCUT2D eigenvalue weighted by molar-refractivity contribution is -0.126. The fourth-order valence-electron chi connectivity index (χ4n) is 1.42. The minimum atomic E-state index is -0.155. The van der Waals surface area contributed by atoms with Crippen molar-refractivity contribution in [3.8, 4) is 5.75 Å². The zero-order chi connectivity index (χ0) is 13.5. The van der Waals surface area contributed by atoms with Gasteiger partial charge in [-0.1, -0.05) is 26.0 Å². The van der Waals surface area contributed by atoms with E-state index in [0.29, 0.717) is 0 Å². The standard InChI is InChI=1S/C14H19NO3/c1-10(2)13(16)9-15-14(17)8-11-5-4-6-12(7-11)18-3/h4-7,10H,8-9H2,1-3H3,(H,15,17). The van der Waals surface area contributed by atoms with E-state index in [-0.39, 0.29) is 30.6 Å². The predicted molar refractivity (Wildman–Crippen MR) is 69.6 cm³/mol. The number of rotatable bonds is 6. The molecular formula is C14H19NO3. The number of hydrogen-bond donors (Lipinski definition) is 1. The van der Waals surface area contributed by atoms with Crippen LogP contribution in [-0.4, -0.2) is 25.3 Å². The molecule has 0 unspecified atom stereocenters. The van der Waals surface area contributed by atoms with Gasteiger partial charge in [0, 0.05) is 5.92 Å². The van der Waals surface area contributed by atoms with Gasteiger partial charge >= 0.3 is 0 Å². The molecule has 0 spiro atoms. The van der Waals surface area contributed by atoms with Crippen LogP contribution in [0.2, 0.25) is 0 Å². The van der Waals surface area contributed by atoms with Crippen LogP contribution in [0.25, 0.3) is 0 Å². The van der Waals surface area contributed by atoms with Gasteiger partial charge in [-0.3, -0.25) is 9.59 Å². The molecule has 1 aromatic rings. The summed E-state index contributed by atoms with van der Waals surface area (Å²) in [5.41, 5.74) is 0.865. The topological polar surface area (TPSA) is 55.4 Å². The number of Topliss-reactive ketones (excluding diaryl/α,β-unsaturated/α-hetero) is 1. The molecule has 0 aliphatic rings. The van der Waals surface area contributed by atoms with Gasteiger partial charge in [0.15, 0.2) is 5.78 Å². The maximum atomic E-state index is 11.6. The van der Waals surface area contributed by atoms with Gasteiger partial charge < -0.3 is 10.1 Å². The quantitative estimate of drug-likeness (QED) is 0.832. The molecule has 0 saturated carbocycles. The van der Waals surface area contributed by atoms with Gasteiger partial charge in [-0.15, -0.1) is 0 Å². The number of hydrogen-bond acceptors (Lipinski definition) is 3. The van der Waals surface area contributed by atoms with Crippen LogP contribution in [-0.2, 0) is 16.0 Å². The summed E-state index contributed by atoms with van der Waals surface area (Å²) in [5, 5.41) is 2.62. The van der Waals surface area contributed by atoms with Gasteiger partial charge in [0.1, 0.15) is 5.75 Å². The first-order chi connectivity index (χ1) is 8.52. The number of carbonyl (C=O) groups is 2.